The van der Waals surface area contributed by atoms with Gasteiger partial charge in [0.1, 0.15) is 12.6 Å². The summed E-state index contributed by atoms with van der Waals surface area (Å²) in [5.41, 5.74) is 1.86. The van der Waals surface area contributed by atoms with E-state index in [0.29, 0.717) is 5.56 Å². The number of nitro groups is 1. The molecule has 0 bridgehead atoms. The van der Waals surface area contributed by atoms with E-state index in [1.54, 1.807) is 18.2 Å². The van der Waals surface area contributed by atoms with Crippen LogP contribution in [0.3, 0.4) is 0 Å². The molecule has 2 aromatic rings. The normalized spacial score (nSPS) is 14.1. The average Bonchev–Trinajstić information content (AvgIpc) is 2.89. The second-order valence-corrected chi connectivity index (χ2v) is 6.24. The van der Waals surface area contributed by atoms with Crippen molar-refractivity contribution in [1.29, 1.82) is 0 Å². The number of nitro benzene ring substituents is 1. The molecule has 0 aliphatic carbocycles. The number of carbonyl (C=O) groups is 3. The Kier molecular flexibility index (Phi) is 4.72. The molecule has 2 amide bonds. The first-order valence-corrected chi connectivity index (χ1v) is 8.18. The summed E-state index contributed by atoms with van der Waals surface area (Å²) in [4.78, 5) is 48.3. The van der Waals surface area contributed by atoms with Gasteiger partial charge in [-0.15, -0.1) is 0 Å². The molecule has 27 heavy (non-hydrogen) atoms. The van der Waals surface area contributed by atoms with Crippen LogP contribution >= 0.6 is 0 Å². The lowest BCUT2D eigenvalue weighted by molar-refractivity contribution is -0.384. The van der Waals surface area contributed by atoms with Crippen molar-refractivity contribution < 1.29 is 24.0 Å². The predicted octanol–water partition coefficient (Wildman–Crippen LogP) is 2.63. The zero-order chi connectivity index (χ0) is 19.7. The number of ether oxygens (including phenoxy) is 1. The molecular weight excluding hydrogens is 352 g/mol. The third kappa shape index (κ3) is 3.41. The highest BCUT2D eigenvalue weighted by Crippen LogP contribution is 2.26. The Morgan fingerprint density at radius 1 is 1.11 bits per heavy atom. The minimum atomic E-state index is -1.09. The molecule has 1 unspecified atom stereocenters. The van der Waals surface area contributed by atoms with Crippen LogP contribution in [0.4, 0.5) is 5.69 Å². The topological polar surface area (TPSA) is 107 Å². The molecule has 0 spiro atoms. The third-order valence-corrected chi connectivity index (χ3v) is 4.33. The Morgan fingerprint density at radius 2 is 1.74 bits per heavy atom. The molecule has 1 heterocycles. The monoisotopic (exact) mass is 368 g/mol. The maximum absolute atomic E-state index is 12.5. The number of imide groups is 1. The summed E-state index contributed by atoms with van der Waals surface area (Å²) in [6.45, 7) is 3.11. The van der Waals surface area contributed by atoms with E-state index in [2.05, 4.69) is 0 Å². The van der Waals surface area contributed by atoms with Crippen molar-refractivity contribution in [3.63, 3.8) is 0 Å². The number of non-ortho nitro benzene ring substituents is 1. The summed E-state index contributed by atoms with van der Waals surface area (Å²) in [6.07, 6.45) is 0. The van der Waals surface area contributed by atoms with Gasteiger partial charge in [-0.1, -0.05) is 11.6 Å². The van der Waals surface area contributed by atoms with Crippen LogP contribution in [0, 0.1) is 17.0 Å². The van der Waals surface area contributed by atoms with E-state index >= 15 is 0 Å². The first kappa shape index (κ1) is 18.2. The van der Waals surface area contributed by atoms with Crippen molar-refractivity contribution in [2.75, 3.05) is 0 Å². The Labute approximate surface area is 154 Å². The molecule has 8 heteroatoms. The Bertz CT molecular complexity index is 951. The Hall–Kier alpha value is -3.55. The van der Waals surface area contributed by atoms with Crippen molar-refractivity contribution in [1.82, 2.24) is 4.90 Å². The molecule has 138 valence electrons. The molecule has 8 nitrogen and oxygen atoms in total. The van der Waals surface area contributed by atoms with Crippen LogP contribution in [0.5, 0.6) is 0 Å². The van der Waals surface area contributed by atoms with E-state index in [4.69, 9.17) is 4.74 Å². The standard InChI is InChI=1S/C19H16N2O6/c1-11-3-8-15-16(9-11)18(23)20(17(15)22)12(2)19(24)27-10-13-4-6-14(7-5-13)21(25)26/h3-9,12H,10H2,1-2H3. The zero-order valence-electron chi connectivity index (χ0n) is 14.7. The Balaban J connectivity index is 1.68. The van der Waals surface area contributed by atoms with E-state index in [1.807, 2.05) is 6.92 Å². The van der Waals surface area contributed by atoms with Crippen LogP contribution in [-0.4, -0.2) is 33.6 Å². The number of aryl methyl sites for hydroxylation is 1. The summed E-state index contributed by atoms with van der Waals surface area (Å²) >= 11 is 0. The van der Waals surface area contributed by atoms with Gasteiger partial charge in [0.15, 0.2) is 0 Å². The van der Waals surface area contributed by atoms with Crippen LogP contribution in [0.15, 0.2) is 42.5 Å². The highest BCUT2D eigenvalue weighted by atomic mass is 16.6. The van der Waals surface area contributed by atoms with E-state index < -0.39 is 28.7 Å². The number of hydrogen-bond donors (Lipinski definition) is 0. The van der Waals surface area contributed by atoms with Gasteiger partial charge in [-0.25, -0.2) is 4.79 Å². The number of carbonyl (C=O) groups excluding carboxylic acids is 3. The lowest BCUT2D eigenvalue weighted by atomic mass is 10.1. The first-order chi connectivity index (χ1) is 12.8. The van der Waals surface area contributed by atoms with E-state index in [0.717, 1.165) is 10.5 Å². The fourth-order valence-corrected chi connectivity index (χ4v) is 2.82. The van der Waals surface area contributed by atoms with Crippen LogP contribution < -0.4 is 0 Å². The maximum atomic E-state index is 12.5. The van der Waals surface area contributed by atoms with E-state index in [-0.39, 0.29) is 23.4 Å². The molecule has 3 rings (SSSR count). The van der Waals surface area contributed by atoms with Gasteiger partial charge >= 0.3 is 5.97 Å². The van der Waals surface area contributed by atoms with E-state index in [1.165, 1.54) is 31.2 Å². The Morgan fingerprint density at radius 3 is 2.37 bits per heavy atom. The number of esters is 1. The highest BCUT2D eigenvalue weighted by Gasteiger charge is 2.41. The fraction of sp³-hybridized carbons (Fsp3) is 0.211. The molecular formula is C19H16N2O6. The van der Waals surface area contributed by atoms with Gasteiger partial charge in [-0.2, -0.15) is 0 Å². The van der Waals surface area contributed by atoms with Gasteiger partial charge in [-0.3, -0.25) is 24.6 Å². The average molecular weight is 368 g/mol. The van der Waals surface area contributed by atoms with Crippen LogP contribution in [0.1, 0.15) is 38.8 Å². The summed E-state index contributed by atoms with van der Waals surface area (Å²) in [6, 6.07) is 9.38. The molecule has 1 aliphatic rings. The molecule has 0 saturated carbocycles. The second-order valence-electron chi connectivity index (χ2n) is 6.24. The summed E-state index contributed by atoms with van der Waals surface area (Å²) in [5, 5.41) is 10.6. The van der Waals surface area contributed by atoms with Crippen molar-refractivity contribution in [3.05, 3.63) is 74.8 Å². The SMILES string of the molecule is Cc1ccc2c(c1)C(=O)N(C(C)C(=O)OCc1ccc([N+](=O)[O-])cc1)C2=O. The van der Waals surface area contributed by atoms with Crippen LogP contribution in [0.2, 0.25) is 0 Å². The van der Waals surface area contributed by atoms with Crippen molar-refractivity contribution >= 4 is 23.5 Å². The molecule has 1 aliphatic heterocycles. The van der Waals surface area contributed by atoms with Crippen molar-refractivity contribution in [3.8, 4) is 0 Å². The van der Waals surface area contributed by atoms with Gasteiger partial charge in [-0.05, 0) is 43.7 Å². The van der Waals surface area contributed by atoms with Crippen molar-refractivity contribution in [2.24, 2.45) is 0 Å². The number of nitrogens with zero attached hydrogens (tertiary/aromatic N) is 2. The molecule has 1 atom stereocenters. The summed E-state index contributed by atoms with van der Waals surface area (Å²) in [7, 11) is 0. The van der Waals surface area contributed by atoms with Crippen LogP contribution in [0.25, 0.3) is 0 Å². The van der Waals surface area contributed by atoms with Crippen molar-refractivity contribution in [2.45, 2.75) is 26.5 Å². The minimum Gasteiger partial charge on any atom is -0.459 e. The number of benzene rings is 2. The van der Waals surface area contributed by atoms with E-state index in [9.17, 15) is 24.5 Å². The first-order valence-electron chi connectivity index (χ1n) is 8.18. The maximum Gasteiger partial charge on any atom is 0.329 e. The predicted molar refractivity (Wildman–Crippen MR) is 94.0 cm³/mol. The molecule has 0 N–H and O–H groups in total. The zero-order valence-corrected chi connectivity index (χ0v) is 14.7. The highest BCUT2D eigenvalue weighted by molar-refractivity contribution is 6.22. The quantitative estimate of drug-likeness (QED) is 0.347. The fourth-order valence-electron chi connectivity index (χ4n) is 2.82. The van der Waals surface area contributed by atoms with Crippen LogP contribution in [-0.2, 0) is 16.1 Å². The largest absolute Gasteiger partial charge is 0.459 e. The molecule has 0 aromatic heterocycles. The smallest absolute Gasteiger partial charge is 0.329 e. The molecule has 0 saturated heterocycles. The van der Waals surface area contributed by atoms with Gasteiger partial charge in [0, 0.05) is 12.1 Å². The lowest BCUT2D eigenvalue weighted by Gasteiger charge is -2.20. The van der Waals surface area contributed by atoms with Gasteiger partial charge in [0.2, 0.25) is 0 Å². The number of hydrogen-bond acceptors (Lipinski definition) is 6. The summed E-state index contributed by atoms with van der Waals surface area (Å²) < 4.78 is 5.17. The lowest BCUT2D eigenvalue weighted by Crippen LogP contribution is -2.43. The molecule has 0 fully saturated rings. The summed E-state index contributed by atoms with van der Waals surface area (Å²) in [5.74, 6) is -1.80. The third-order valence-electron chi connectivity index (χ3n) is 4.33. The van der Waals surface area contributed by atoms with Gasteiger partial charge in [0.25, 0.3) is 17.5 Å². The second kappa shape index (κ2) is 6.99. The van der Waals surface area contributed by atoms with Gasteiger partial charge in [0.05, 0.1) is 16.1 Å². The number of rotatable bonds is 5. The van der Waals surface area contributed by atoms with Gasteiger partial charge < -0.3 is 4.74 Å². The molecule has 2 aromatic carbocycles. The number of amides is 2. The number of fused-ring (bicyclic) bond motifs is 1. The molecule has 0 radical (unpaired) electrons. The minimum absolute atomic E-state index is 0.0697.